The number of methoxy groups -OCH3 is 1. The SMILES string of the molecule is COc1cc(C(=O)Nc2ccnn2Cc2cccc(Cl)c2Cl)ccc1OCc1cscn1. The molecule has 2 aromatic carbocycles. The van der Waals surface area contributed by atoms with Crippen molar-refractivity contribution in [1.29, 1.82) is 0 Å². The number of anilines is 1. The number of carbonyl (C=O) groups is 1. The van der Waals surface area contributed by atoms with Crippen LogP contribution in [-0.4, -0.2) is 27.8 Å². The average Bonchev–Trinajstić information content (AvgIpc) is 3.47. The Morgan fingerprint density at radius 1 is 1.19 bits per heavy atom. The molecule has 10 heteroatoms. The summed E-state index contributed by atoms with van der Waals surface area (Å²) in [6, 6.07) is 12.1. The van der Waals surface area contributed by atoms with Crippen LogP contribution >= 0.6 is 34.5 Å². The van der Waals surface area contributed by atoms with E-state index < -0.39 is 0 Å². The molecule has 0 unspecified atom stereocenters. The van der Waals surface area contributed by atoms with Crippen molar-refractivity contribution in [3.05, 3.63) is 86.4 Å². The number of nitrogens with zero attached hydrogens (tertiary/aromatic N) is 3. The highest BCUT2D eigenvalue weighted by Gasteiger charge is 2.15. The van der Waals surface area contributed by atoms with Crippen LogP contribution in [0.5, 0.6) is 11.5 Å². The van der Waals surface area contributed by atoms with Crippen molar-refractivity contribution < 1.29 is 14.3 Å². The Balaban J connectivity index is 1.47. The molecule has 0 radical (unpaired) electrons. The van der Waals surface area contributed by atoms with Gasteiger partial charge in [-0.15, -0.1) is 11.3 Å². The van der Waals surface area contributed by atoms with E-state index in [0.29, 0.717) is 46.1 Å². The van der Waals surface area contributed by atoms with E-state index in [-0.39, 0.29) is 5.91 Å². The summed E-state index contributed by atoms with van der Waals surface area (Å²) in [6.07, 6.45) is 1.60. The van der Waals surface area contributed by atoms with E-state index in [9.17, 15) is 4.79 Å². The summed E-state index contributed by atoms with van der Waals surface area (Å²) in [4.78, 5) is 17.0. The first-order valence-electron chi connectivity index (χ1n) is 9.49. The Hall–Kier alpha value is -3.07. The van der Waals surface area contributed by atoms with Crippen LogP contribution < -0.4 is 14.8 Å². The van der Waals surface area contributed by atoms with Crippen molar-refractivity contribution in [2.24, 2.45) is 0 Å². The van der Waals surface area contributed by atoms with E-state index >= 15 is 0 Å². The van der Waals surface area contributed by atoms with Crippen molar-refractivity contribution in [2.45, 2.75) is 13.2 Å². The summed E-state index contributed by atoms with van der Waals surface area (Å²) >= 11 is 13.9. The molecule has 0 aliphatic carbocycles. The Labute approximate surface area is 198 Å². The lowest BCUT2D eigenvalue weighted by molar-refractivity contribution is 0.102. The van der Waals surface area contributed by atoms with Gasteiger partial charge in [0.2, 0.25) is 0 Å². The van der Waals surface area contributed by atoms with Crippen molar-refractivity contribution in [1.82, 2.24) is 14.8 Å². The lowest BCUT2D eigenvalue weighted by Crippen LogP contribution is -2.16. The number of amides is 1. The number of benzene rings is 2. The first-order chi connectivity index (χ1) is 15.5. The summed E-state index contributed by atoms with van der Waals surface area (Å²) in [6.45, 7) is 0.672. The summed E-state index contributed by atoms with van der Waals surface area (Å²) < 4.78 is 12.8. The van der Waals surface area contributed by atoms with Gasteiger partial charge < -0.3 is 14.8 Å². The Bertz CT molecular complexity index is 1230. The Morgan fingerprint density at radius 3 is 2.84 bits per heavy atom. The minimum Gasteiger partial charge on any atom is -0.493 e. The second-order valence-electron chi connectivity index (χ2n) is 6.68. The molecule has 2 aromatic heterocycles. The van der Waals surface area contributed by atoms with Gasteiger partial charge in [-0.25, -0.2) is 9.67 Å². The molecule has 0 aliphatic rings. The number of nitrogens with one attached hydrogen (secondary N) is 1. The maximum absolute atomic E-state index is 12.9. The predicted octanol–water partition coefficient (Wildman–Crippen LogP) is 5.53. The lowest BCUT2D eigenvalue weighted by atomic mass is 10.2. The number of thiazole rings is 1. The minimum atomic E-state index is -0.312. The summed E-state index contributed by atoms with van der Waals surface area (Å²) in [5, 5.41) is 9.98. The van der Waals surface area contributed by atoms with E-state index in [0.717, 1.165) is 11.3 Å². The van der Waals surface area contributed by atoms with Crippen molar-refractivity contribution in [3.8, 4) is 11.5 Å². The molecule has 1 amide bonds. The van der Waals surface area contributed by atoms with E-state index in [1.54, 1.807) is 46.7 Å². The predicted molar refractivity (Wildman–Crippen MR) is 125 cm³/mol. The molecular weight excluding hydrogens is 471 g/mol. The van der Waals surface area contributed by atoms with Crippen LogP contribution in [0.4, 0.5) is 5.82 Å². The zero-order valence-electron chi connectivity index (χ0n) is 16.9. The standard InChI is InChI=1S/C22H18Cl2N4O3S/c1-30-19-9-14(5-6-18(19)31-11-16-12-32-13-25-16)22(29)27-20-7-8-26-28(20)10-15-3-2-4-17(23)21(15)24/h2-9,12-13H,10-11H2,1H3,(H,27,29). The van der Waals surface area contributed by atoms with E-state index in [4.69, 9.17) is 32.7 Å². The lowest BCUT2D eigenvalue weighted by Gasteiger charge is -2.13. The molecule has 164 valence electrons. The molecule has 0 bridgehead atoms. The largest absolute Gasteiger partial charge is 0.493 e. The van der Waals surface area contributed by atoms with Gasteiger partial charge in [0.05, 0.1) is 41.1 Å². The van der Waals surface area contributed by atoms with Crippen LogP contribution in [0.15, 0.2) is 59.6 Å². The number of aromatic nitrogens is 3. The van der Waals surface area contributed by atoms with Gasteiger partial charge in [-0.2, -0.15) is 5.10 Å². The average molecular weight is 489 g/mol. The van der Waals surface area contributed by atoms with E-state index in [1.807, 2.05) is 17.5 Å². The molecule has 4 rings (SSSR count). The highest BCUT2D eigenvalue weighted by atomic mass is 35.5. The first-order valence-corrected chi connectivity index (χ1v) is 11.2. The quantitative estimate of drug-likeness (QED) is 0.352. The van der Waals surface area contributed by atoms with Gasteiger partial charge in [0.25, 0.3) is 5.91 Å². The second-order valence-corrected chi connectivity index (χ2v) is 8.18. The second kappa shape index (κ2) is 10.0. The molecule has 32 heavy (non-hydrogen) atoms. The highest BCUT2D eigenvalue weighted by molar-refractivity contribution is 7.07. The smallest absolute Gasteiger partial charge is 0.256 e. The summed E-state index contributed by atoms with van der Waals surface area (Å²) in [5.41, 5.74) is 3.78. The van der Waals surface area contributed by atoms with Crippen molar-refractivity contribution in [3.63, 3.8) is 0 Å². The topological polar surface area (TPSA) is 78.3 Å². The summed E-state index contributed by atoms with van der Waals surface area (Å²) in [5.74, 6) is 1.19. The molecule has 1 N–H and O–H groups in total. The molecule has 4 aromatic rings. The fourth-order valence-corrected chi connectivity index (χ4v) is 3.90. The van der Waals surface area contributed by atoms with Gasteiger partial charge >= 0.3 is 0 Å². The third kappa shape index (κ3) is 5.04. The third-order valence-corrected chi connectivity index (χ3v) is 6.09. The van der Waals surface area contributed by atoms with E-state index in [1.165, 1.54) is 18.4 Å². The summed E-state index contributed by atoms with van der Waals surface area (Å²) in [7, 11) is 1.52. The molecule has 0 fully saturated rings. The zero-order chi connectivity index (χ0) is 22.5. The zero-order valence-corrected chi connectivity index (χ0v) is 19.2. The molecule has 0 atom stereocenters. The van der Waals surface area contributed by atoms with Gasteiger partial charge in [-0.1, -0.05) is 35.3 Å². The molecule has 0 aliphatic heterocycles. The van der Waals surface area contributed by atoms with Gasteiger partial charge in [0.15, 0.2) is 11.5 Å². The number of halogens is 2. The minimum absolute atomic E-state index is 0.312. The molecule has 7 nitrogen and oxygen atoms in total. The van der Waals surface area contributed by atoms with Crippen LogP contribution in [0.3, 0.4) is 0 Å². The van der Waals surface area contributed by atoms with Crippen LogP contribution in [0.1, 0.15) is 21.6 Å². The molecule has 0 saturated heterocycles. The third-order valence-electron chi connectivity index (χ3n) is 4.59. The van der Waals surface area contributed by atoms with Gasteiger partial charge in [0.1, 0.15) is 12.4 Å². The monoisotopic (exact) mass is 488 g/mol. The van der Waals surface area contributed by atoms with Crippen LogP contribution in [0.2, 0.25) is 10.0 Å². The fourth-order valence-electron chi connectivity index (χ4n) is 2.97. The van der Waals surface area contributed by atoms with Crippen LogP contribution in [-0.2, 0) is 13.2 Å². The molecule has 0 spiro atoms. The maximum Gasteiger partial charge on any atom is 0.256 e. The number of ether oxygens (including phenoxy) is 2. The van der Waals surface area contributed by atoms with Crippen molar-refractivity contribution >= 4 is 46.3 Å². The Kier molecular flexibility index (Phi) is 6.94. The molecular formula is C22H18Cl2N4O3S. The van der Waals surface area contributed by atoms with Crippen molar-refractivity contribution in [2.75, 3.05) is 12.4 Å². The van der Waals surface area contributed by atoms with Gasteiger partial charge in [-0.3, -0.25) is 4.79 Å². The number of carbonyl (C=O) groups excluding carboxylic acids is 1. The number of hydrogen-bond donors (Lipinski definition) is 1. The maximum atomic E-state index is 12.9. The van der Waals surface area contributed by atoms with Crippen LogP contribution in [0, 0.1) is 0 Å². The van der Waals surface area contributed by atoms with E-state index in [2.05, 4.69) is 15.4 Å². The number of hydrogen-bond acceptors (Lipinski definition) is 6. The van der Waals surface area contributed by atoms with Gasteiger partial charge in [-0.05, 0) is 29.8 Å². The molecule has 2 heterocycles. The van der Waals surface area contributed by atoms with Gasteiger partial charge in [0, 0.05) is 17.0 Å². The first kappa shape index (κ1) is 22.1. The highest BCUT2D eigenvalue weighted by Crippen LogP contribution is 2.30. The number of rotatable bonds is 8. The Morgan fingerprint density at radius 2 is 2.06 bits per heavy atom. The fraction of sp³-hybridized carbons (Fsp3) is 0.136. The molecule has 0 saturated carbocycles. The normalized spacial score (nSPS) is 10.7. The van der Waals surface area contributed by atoms with Crippen LogP contribution in [0.25, 0.3) is 0 Å².